The standard InChI is InChI=1S/C16H19N3O/c1-12-9-14(16(17)19-20)7-8-15(12)11-18-10-13-5-3-2-4-6-13/h2-9,18,20H,10-11H2,1H3,(H2,17,19). The highest BCUT2D eigenvalue weighted by molar-refractivity contribution is 5.97. The van der Waals surface area contributed by atoms with Gasteiger partial charge in [0.05, 0.1) is 0 Å². The van der Waals surface area contributed by atoms with Crippen molar-refractivity contribution in [2.24, 2.45) is 10.9 Å². The van der Waals surface area contributed by atoms with Crippen LogP contribution in [0.4, 0.5) is 0 Å². The minimum Gasteiger partial charge on any atom is -0.409 e. The zero-order valence-electron chi connectivity index (χ0n) is 11.5. The molecule has 0 aliphatic rings. The van der Waals surface area contributed by atoms with Gasteiger partial charge in [-0.3, -0.25) is 0 Å². The van der Waals surface area contributed by atoms with Gasteiger partial charge in [0.2, 0.25) is 0 Å². The minimum atomic E-state index is 0.136. The van der Waals surface area contributed by atoms with E-state index in [0.717, 1.165) is 24.2 Å². The average Bonchev–Trinajstić information content (AvgIpc) is 2.49. The monoisotopic (exact) mass is 269 g/mol. The van der Waals surface area contributed by atoms with Crippen LogP contribution >= 0.6 is 0 Å². The van der Waals surface area contributed by atoms with Gasteiger partial charge in [0.15, 0.2) is 5.84 Å². The van der Waals surface area contributed by atoms with Crippen molar-refractivity contribution in [1.82, 2.24) is 5.32 Å². The molecule has 0 heterocycles. The molecule has 2 rings (SSSR count). The molecule has 0 atom stereocenters. The van der Waals surface area contributed by atoms with Gasteiger partial charge in [0.1, 0.15) is 0 Å². The van der Waals surface area contributed by atoms with E-state index in [1.807, 2.05) is 43.3 Å². The number of rotatable bonds is 5. The normalized spacial score (nSPS) is 11.6. The molecule has 2 aromatic carbocycles. The summed E-state index contributed by atoms with van der Waals surface area (Å²) in [4.78, 5) is 0. The first-order chi connectivity index (χ1) is 9.70. The average molecular weight is 269 g/mol. The molecule has 4 heteroatoms. The summed E-state index contributed by atoms with van der Waals surface area (Å²) < 4.78 is 0. The van der Waals surface area contributed by atoms with Gasteiger partial charge in [-0.1, -0.05) is 47.6 Å². The Kier molecular flexibility index (Phi) is 4.74. The van der Waals surface area contributed by atoms with Gasteiger partial charge in [-0.25, -0.2) is 0 Å². The van der Waals surface area contributed by atoms with E-state index in [0.29, 0.717) is 0 Å². The zero-order chi connectivity index (χ0) is 14.4. The molecule has 0 aliphatic carbocycles. The summed E-state index contributed by atoms with van der Waals surface area (Å²) in [5.41, 5.74) is 9.89. The molecule has 0 aromatic heterocycles. The Balaban J connectivity index is 1.97. The van der Waals surface area contributed by atoms with Crippen molar-refractivity contribution in [3.8, 4) is 0 Å². The molecule has 0 bridgehead atoms. The molecule has 4 nitrogen and oxygen atoms in total. The number of amidine groups is 1. The second kappa shape index (κ2) is 6.73. The number of nitrogens with two attached hydrogens (primary N) is 1. The highest BCUT2D eigenvalue weighted by Gasteiger charge is 2.03. The van der Waals surface area contributed by atoms with Crippen LogP contribution in [-0.4, -0.2) is 11.0 Å². The summed E-state index contributed by atoms with van der Waals surface area (Å²) in [6.07, 6.45) is 0. The molecule has 20 heavy (non-hydrogen) atoms. The maximum Gasteiger partial charge on any atom is 0.170 e. The van der Waals surface area contributed by atoms with Crippen LogP contribution in [0.25, 0.3) is 0 Å². The Morgan fingerprint density at radius 3 is 2.55 bits per heavy atom. The van der Waals surface area contributed by atoms with Crippen LogP contribution < -0.4 is 11.1 Å². The topological polar surface area (TPSA) is 70.6 Å². The van der Waals surface area contributed by atoms with Crippen LogP contribution in [0.2, 0.25) is 0 Å². The fourth-order valence-corrected chi connectivity index (χ4v) is 2.05. The van der Waals surface area contributed by atoms with E-state index in [1.54, 1.807) is 0 Å². The van der Waals surface area contributed by atoms with E-state index in [9.17, 15) is 0 Å². The lowest BCUT2D eigenvalue weighted by Crippen LogP contribution is -2.16. The van der Waals surface area contributed by atoms with Crippen molar-refractivity contribution in [2.75, 3.05) is 0 Å². The molecule has 2 aromatic rings. The fourth-order valence-electron chi connectivity index (χ4n) is 2.05. The van der Waals surface area contributed by atoms with Gasteiger partial charge in [-0.05, 0) is 29.7 Å². The lowest BCUT2D eigenvalue weighted by molar-refractivity contribution is 0.318. The van der Waals surface area contributed by atoms with Gasteiger partial charge >= 0.3 is 0 Å². The van der Waals surface area contributed by atoms with Crippen LogP contribution in [0, 0.1) is 6.92 Å². The highest BCUT2D eigenvalue weighted by atomic mass is 16.4. The molecule has 4 N–H and O–H groups in total. The fraction of sp³-hybridized carbons (Fsp3) is 0.188. The number of hydrogen-bond acceptors (Lipinski definition) is 3. The van der Waals surface area contributed by atoms with E-state index in [1.165, 1.54) is 11.1 Å². The Morgan fingerprint density at radius 2 is 1.90 bits per heavy atom. The molecule has 0 radical (unpaired) electrons. The van der Waals surface area contributed by atoms with Gasteiger partial charge in [0, 0.05) is 18.7 Å². The van der Waals surface area contributed by atoms with E-state index in [2.05, 4.69) is 22.6 Å². The summed E-state index contributed by atoms with van der Waals surface area (Å²) in [6, 6.07) is 16.1. The predicted molar refractivity (Wildman–Crippen MR) is 80.7 cm³/mol. The van der Waals surface area contributed by atoms with Gasteiger partial charge in [-0.15, -0.1) is 0 Å². The van der Waals surface area contributed by atoms with E-state index in [-0.39, 0.29) is 5.84 Å². The molecular formula is C16H19N3O. The molecule has 0 unspecified atom stereocenters. The van der Waals surface area contributed by atoms with Crippen molar-refractivity contribution in [1.29, 1.82) is 0 Å². The van der Waals surface area contributed by atoms with E-state index >= 15 is 0 Å². The summed E-state index contributed by atoms with van der Waals surface area (Å²) in [5.74, 6) is 0.136. The zero-order valence-corrected chi connectivity index (χ0v) is 11.5. The minimum absolute atomic E-state index is 0.136. The molecule has 0 aliphatic heterocycles. The Labute approximate surface area is 118 Å². The number of aryl methyl sites for hydroxylation is 1. The van der Waals surface area contributed by atoms with Crippen LogP contribution in [0.3, 0.4) is 0 Å². The lowest BCUT2D eigenvalue weighted by Gasteiger charge is -2.09. The Morgan fingerprint density at radius 1 is 1.15 bits per heavy atom. The predicted octanol–water partition coefficient (Wildman–Crippen LogP) is 2.38. The molecule has 0 saturated carbocycles. The summed E-state index contributed by atoms with van der Waals surface area (Å²) in [7, 11) is 0. The van der Waals surface area contributed by atoms with Crippen LogP contribution in [0.5, 0.6) is 0 Å². The summed E-state index contributed by atoms with van der Waals surface area (Å²) >= 11 is 0. The van der Waals surface area contributed by atoms with Crippen LogP contribution in [0.15, 0.2) is 53.7 Å². The quantitative estimate of drug-likeness (QED) is 0.338. The van der Waals surface area contributed by atoms with Crippen molar-refractivity contribution < 1.29 is 5.21 Å². The maximum atomic E-state index is 8.67. The maximum absolute atomic E-state index is 8.67. The SMILES string of the molecule is Cc1cc(/C(N)=N/O)ccc1CNCc1ccccc1. The molecule has 0 saturated heterocycles. The van der Waals surface area contributed by atoms with Crippen molar-refractivity contribution in [3.05, 3.63) is 70.8 Å². The second-order valence-electron chi connectivity index (χ2n) is 4.72. The van der Waals surface area contributed by atoms with E-state index < -0.39 is 0 Å². The van der Waals surface area contributed by atoms with Crippen molar-refractivity contribution >= 4 is 5.84 Å². The number of nitrogens with one attached hydrogen (secondary N) is 1. The summed E-state index contributed by atoms with van der Waals surface area (Å²) in [5, 5.41) is 15.1. The second-order valence-corrected chi connectivity index (χ2v) is 4.72. The van der Waals surface area contributed by atoms with Gasteiger partial charge in [0.25, 0.3) is 0 Å². The summed E-state index contributed by atoms with van der Waals surface area (Å²) in [6.45, 7) is 3.65. The number of oxime groups is 1. The Bertz CT molecular complexity index is 594. The third-order valence-electron chi connectivity index (χ3n) is 3.23. The molecule has 104 valence electrons. The Hall–Kier alpha value is -2.33. The lowest BCUT2D eigenvalue weighted by atomic mass is 10.0. The van der Waals surface area contributed by atoms with Crippen LogP contribution in [-0.2, 0) is 13.1 Å². The van der Waals surface area contributed by atoms with Crippen molar-refractivity contribution in [2.45, 2.75) is 20.0 Å². The first-order valence-electron chi connectivity index (χ1n) is 6.53. The molecular weight excluding hydrogens is 250 g/mol. The van der Waals surface area contributed by atoms with Crippen LogP contribution in [0.1, 0.15) is 22.3 Å². The third kappa shape index (κ3) is 3.59. The van der Waals surface area contributed by atoms with Gasteiger partial charge < -0.3 is 16.3 Å². The van der Waals surface area contributed by atoms with E-state index in [4.69, 9.17) is 10.9 Å². The number of hydrogen-bond donors (Lipinski definition) is 3. The molecule has 0 fully saturated rings. The number of benzene rings is 2. The first kappa shape index (κ1) is 14.1. The van der Waals surface area contributed by atoms with Gasteiger partial charge in [-0.2, -0.15) is 0 Å². The smallest absolute Gasteiger partial charge is 0.170 e. The third-order valence-corrected chi connectivity index (χ3v) is 3.23. The highest BCUT2D eigenvalue weighted by Crippen LogP contribution is 2.11. The largest absolute Gasteiger partial charge is 0.409 e. The molecule has 0 spiro atoms. The molecule has 0 amide bonds. The first-order valence-corrected chi connectivity index (χ1v) is 6.53. The van der Waals surface area contributed by atoms with Crippen molar-refractivity contribution in [3.63, 3.8) is 0 Å². The number of nitrogens with zero attached hydrogens (tertiary/aromatic N) is 1.